The van der Waals surface area contributed by atoms with Crippen LogP contribution in [0.25, 0.3) is 0 Å². The Hall–Kier alpha value is 0.360. The number of hydrogen-bond donors (Lipinski definition) is 0. The molecule has 0 radical (unpaired) electrons. The Kier molecular flexibility index (Phi) is 2.68. The largest absolute Gasteiger partial charge is 0.298 e. The molecular weight excluding hydrogens is 241 g/mol. The maximum atomic E-state index is 11.0. The summed E-state index contributed by atoms with van der Waals surface area (Å²) >= 11 is 0. The lowest BCUT2D eigenvalue weighted by atomic mass is 9.87. The molecule has 0 atom stereocenters. The van der Waals surface area contributed by atoms with Gasteiger partial charge in [0.2, 0.25) is 0 Å². The number of carbonyl (C=O) groups is 1. The first-order valence-corrected chi connectivity index (χ1v) is 3.61. The molecule has 0 unspecified atom stereocenters. The number of halogens is 1. The summed E-state index contributed by atoms with van der Waals surface area (Å²) in [6.45, 7) is 3.07. The van der Waals surface area contributed by atoms with E-state index in [1.165, 1.54) is 0 Å². The van der Waals surface area contributed by atoms with Crippen molar-refractivity contribution >= 4 is 29.8 Å². The van der Waals surface area contributed by atoms with Gasteiger partial charge in [-0.25, -0.2) is 0 Å². The lowest BCUT2D eigenvalue weighted by Gasteiger charge is -2.37. The van der Waals surface area contributed by atoms with Crippen molar-refractivity contribution in [1.29, 1.82) is 0 Å². The van der Waals surface area contributed by atoms with E-state index in [-0.39, 0.29) is 24.0 Å². The average molecular weight is 253 g/mol. The van der Waals surface area contributed by atoms with Crippen LogP contribution in [-0.2, 0) is 4.79 Å². The van der Waals surface area contributed by atoms with Gasteiger partial charge in [0, 0.05) is 5.92 Å². The van der Waals surface area contributed by atoms with Crippen molar-refractivity contribution in [3.8, 4) is 0 Å². The molecule has 0 N–H and O–H groups in total. The van der Waals surface area contributed by atoms with Gasteiger partial charge in [0.05, 0.1) is 6.54 Å². The third kappa shape index (κ3) is 1.34. The Bertz CT molecular complexity index is 141. The molecule has 3 rings (SSSR count). The predicted octanol–water partition coefficient (Wildman–Crippen LogP) is 0.899. The van der Waals surface area contributed by atoms with E-state index in [0.717, 1.165) is 32.5 Å². The molecule has 0 amide bonds. The zero-order valence-corrected chi connectivity index (χ0v) is 8.21. The van der Waals surface area contributed by atoms with E-state index in [0.29, 0.717) is 11.7 Å². The molecule has 3 fully saturated rings. The van der Waals surface area contributed by atoms with Crippen LogP contribution in [0.5, 0.6) is 0 Å². The zero-order valence-electron chi connectivity index (χ0n) is 5.88. The molecule has 3 aliphatic heterocycles. The molecule has 3 aliphatic rings. The number of carbonyl (C=O) groups excluding carboxylic acids is 1. The summed E-state index contributed by atoms with van der Waals surface area (Å²) in [6.07, 6.45) is 2.25. The molecule has 0 aliphatic carbocycles. The summed E-state index contributed by atoms with van der Waals surface area (Å²) in [5.41, 5.74) is 0. The van der Waals surface area contributed by atoms with Crippen LogP contribution in [-0.4, -0.2) is 30.3 Å². The molecule has 0 aromatic heterocycles. The topological polar surface area (TPSA) is 20.3 Å². The third-order valence-corrected chi connectivity index (χ3v) is 2.42. The van der Waals surface area contributed by atoms with Crippen LogP contribution in [0, 0.1) is 5.92 Å². The lowest BCUT2D eigenvalue weighted by Crippen LogP contribution is -2.47. The second-order valence-corrected chi connectivity index (χ2v) is 3.02. The van der Waals surface area contributed by atoms with Gasteiger partial charge in [-0.1, -0.05) is 0 Å². The van der Waals surface area contributed by atoms with E-state index < -0.39 is 0 Å². The first kappa shape index (κ1) is 8.46. The van der Waals surface area contributed by atoms with Crippen LogP contribution in [0.1, 0.15) is 12.8 Å². The highest BCUT2D eigenvalue weighted by molar-refractivity contribution is 14.0. The molecule has 0 aromatic carbocycles. The second kappa shape index (κ2) is 3.17. The molecule has 3 heteroatoms. The summed E-state index contributed by atoms with van der Waals surface area (Å²) in [4.78, 5) is 13.3. The quantitative estimate of drug-likeness (QED) is 0.598. The number of ketones is 1. The van der Waals surface area contributed by atoms with Crippen molar-refractivity contribution in [2.24, 2.45) is 5.92 Å². The highest BCUT2D eigenvalue weighted by Gasteiger charge is 2.31. The van der Waals surface area contributed by atoms with Crippen LogP contribution in [0.2, 0.25) is 0 Å². The SMILES string of the molecule is I.O=C1CN2CCC1CC2. The molecule has 0 saturated carbocycles. The van der Waals surface area contributed by atoms with E-state index in [9.17, 15) is 4.79 Å². The number of nitrogens with zero attached hydrogens (tertiary/aromatic N) is 1. The molecule has 10 heavy (non-hydrogen) atoms. The minimum atomic E-state index is 0. The highest BCUT2D eigenvalue weighted by Crippen LogP contribution is 2.23. The van der Waals surface area contributed by atoms with Crippen molar-refractivity contribution in [1.82, 2.24) is 4.90 Å². The van der Waals surface area contributed by atoms with Crippen molar-refractivity contribution in [2.45, 2.75) is 12.8 Å². The van der Waals surface area contributed by atoms with Crippen molar-refractivity contribution in [3.63, 3.8) is 0 Å². The maximum Gasteiger partial charge on any atom is 0.149 e. The first-order valence-electron chi connectivity index (χ1n) is 3.61. The van der Waals surface area contributed by atoms with Crippen LogP contribution in [0.3, 0.4) is 0 Å². The van der Waals surface area contributed by atoms with Gasteiger partial charge in [0.25, 0.3) is 0 Å². The van der Waals surface area contributed by atoms with Gasteiger partial charge in [-0.3, -0.25) is 9.69 Å². The second-order valence-electron chi connectivity index (χ2n) is 3.02. The van der Waals surface area contributed by atoms with Gasteiger partial charge < -0.3 is 0 Å². The van der Waals surface area contributed by atoms with Gasteiger partial charge >= 0.3 is 0 Å². The van der Waals surface area contributed by atoms with E-state index in [4.69, 9.17) is 0 Å². The molecule has 0 aromatic rings. The summed E-state index contributed by atoms with van der Waals surface area (Å²) in [6, 6.07) is 0. The lowest BCUT2D eigenvalue weighted by molar-refractivity contribution is -0.130. The van der Waals surface area contributed by atoms with Crippen molar-refractivity contribution < 1.29 is 4.79 Å². The van der Waals surface area contributed by atoms with Crippen molar-refractivity contribution in [2.75, 3.05) is 19.6 Å². The molecule has 3 heterocycles. The Balaban J connectivity index is 0.000000500. The van der Waals surface area contributed by atoms with Gasteiger partial charge in [0.1, 0.15) is 5.78 Å². The Morgan fingerprint density at radius 3 is 2.10 bits per heavy atom. The summed E-state index contributed by atoms with van der Waals surface area (Å²) in [7, 11) is 0. The fraction of sp³-hybridized carbons (Fsp3) is 0.857. The van der Waals surface area contributed by atoms with E-state index in [1.807, 2.05) is 0 Å². The molecule has 3 saturated heterocycles. The molecule has 0 spiro atoms. The van der Waals surface area contributed by atoms with E-state index in [1.54, 1.807) is 0 Å². The standard InChI is InChI=1S/C7H11NO.HI/c9-7-5-8-3-1-6(7)2-4-8;/h6H,1-5H2;1H. The Labute approximate surface area is 78.0 Å². The Morgan fingerprint density at radius 2 is 1.90 bits per heavy atom. The van der Waals surface area contributed by atoms with Gasteiger partial charge in [-0.2, -0.15) is 0 Å². The fourth-order valence-corrected chi connectivity index (χ4v) is 1.76. The molecular formula is C7H12INO. The number of fused-ring (bicyclic) bond motifs is 3. The highest BCUT2D eigenvalue weighted by atomic mass is 127. The number of piperidine rings is 3. The smallest absolute Gasteiger partial charge is 0.149 e. The van der Waals surface area contributed by atoms with E-state index >= 15 is 0 Å². The fourth-order valence-electron chi connectivity index (χ4n) is 1.76. The van der Waals surface area contributed by atoms with E-state index in [2.05, 4.69) is 4.90 Å². The minimum absolute atomic E-state index is 0. The van der Waals surface area contributed by atoms with Crippen LogP contribution in [0.4, 0.5) is 0 Å². The van der Waals surface area contributed by atoms with Crippen LogP contribution < -0.4 is 0 Å². The summed E-state index contributed by atoms with van der Waals surface area (Å²) in [5, 5.41) is 0. The zero-order chi connectivity index (χ0) is 6.27. The number of Topliss-reactive ketones (excluding diaryl/α,β-unsaturated/α-hetero) is 1. The summed E-state index contributed by atoms with van der Waals surface area (Å²) < 4.78 is 0. The summed E-state index contributed by atoms with van der Waals surface area (Å²) in [5.74, 6) is 0.919. The number of hydrogen-bond acceptors (Lipinski definition) is 2. The van der Waals surface area contributed by atoms with Gasteiger partial charge in [-0.05, 0) is 25.9 Å². The third-order valence-electron chi connectivity index (χ3n) is 2.42. The molecule has 2 nitrogen and oxygen atoms in total. The first-order chi connectivity index (χ1) is 4.36. The van der Waals surface area contributed by atoms with Crippen LogP contribution >= 0.6 is 24.0 Å². The maximum absolute atomic E-state index is 11.0. The predicted molar refractivity (Wildman–Crippen MR) is 49.6 cm³/mol. The van der Waals surface area contributed by atoms with Crippen LogP contribution in [0.15, 0.2) is 0 Å². The normalized spacial score (nSPS) is 37.4. The molecule has 58 valence electrons. The molecule has 2 bridgehead atoms. The Morgan fingerprint density at radius 1 is 1.30 bits per heavy atom. The monoisotopic (exact) mass is 253 g/mol. The van der Waals surface area contributed by atoms with Gasteiger partial charge in [0.15, 0.2) is 0 Å². The van der Waals surface area contributed by atoms with Crippen molar-refractivity contribution in [3.05, 3.63) is 0 Å². The minimum Gasteiger partial charge on any atom is -0.298 e. The average Bonchev–Trinajstić information content (AvgIpc) is 1.90. The number of rotatable bonds is 0. The van der Waals surface area contributed by atoms with Gasteiger partial charge in [-0.15, -0.1) is 24.0 Å².